The third-order valence-corrected chi connectivity index (χ3v) is 5.91. The van der Waals surface area contributed by atoms with Crippen molar-refractivity contribution < 1.29 is 23.1 Å². The summed E-state index contributed by atoms with van der Waals surface area (Å²) in [5.41, 5.74) is 8.14. The molecule has 4 rings (SSSR count). The molecule has 0 spiro atoms. The number of nitrogens with two attached hydrogens (primary N) is 1. The average molecular weight is 498 g/mol. The lowest BCUT2D eigenvalue weighted by Gasteiger charge is -2.30. The average Bonchev–Trinajstić information content (AvgIpc) is 3.12. The number of fused-ring (bicyclic) bond motifs is 1. The second-order valence-electron chi connectivity index (χ2n) is 9.88. The molecule has 0 saturated carbocycles. The Morgan fingerprint density at radius 1 is 1.11 bits per heavy atom. The molecule has 1 aromatic heterocycles. The summed E-state index contributed by atoms with van der Waals surface area (Å²) in [6.45, 7) is 9.67. The van der Waals surface area contributed by atoms with Gasteiger partial charge >= 0.3 is 12.1 Å². The van der Waals surface area contributed by atoms with Crippen molar-refractivity contribution >= 4 is 17.8 Å². The minimum atomic E-state index is -1.01. The normalized spacial score (nSPS) is 13.4. The molecule has 0 aliphatic carbocycles. The lowest BCUT2D eigenvalue weighted by Crippen LogP contribution is -2.39. The molecule has 3 aromatic rings. The molecule has 0 atom stereocenters. The predicted molar refractivity (Wildman–Crippen MR) is 132 cm³/mol. The highest BCUT2D eigenvalue weighted by molar-refractivity contribution is 5.88. The molecule has 2 heterocycles. The molecule has 0 unspecified atom stereocenters. The molecule has 190 valence electrons. The minimum absolute atomic E-state index is 0.0510. The van der Waals surface area contributed by atoms with Crippen molar-refractivity contribution in [2.45, 2.75) is 53.2 Å². The summed E-state index contributed by atoms with van der Waals surface area (Å²) in [6.07, 6.45) is -0.0724. The lowest BCUT2D eigenvalue weighted by molar-refractivity contribution is 0.0224. The van der Waals surface area contributed by atoms with Crippen molar-refractivity contribution in [2.75, 3.05) is 11.9 Å². The minimum Gasteiger partial charge on any atom is -0.444 e. The van der Waals surface area contributed by atoms with E-state index in [4.69, 9.17) is 15.6 Å². The summed E-state index contributed by atoms with van der Waals surface area (Å²) in [6, 6.07) is 6.62. The Labute approximate surface area is 208 Å². The van der Waals surface area contributed by atoms with E-state index < -0.39 is 29.4 Å². The monoisotopic (exact) mass is 497 g/mol. The van der Waals surface area contributed by atoms with Crippen molar-refractivity contribution in [3.63, 3.8) is 0 Å². The highest BCUT2D eigenvalue weighted by Crippen LogP contribution is 2.37. The first-order valence-electron chi connectivity index (χ1n) is 11.6. The van der Waals surface area contributed by atoms with Gasteiger partial charge in [0.05, 0.1) is 29.3 Å². The van der Waals surface area contributed by atoms with Crippen molar-refractivity contribution in [2.24, 2.45) is 5.73 Å². The number of carbonyl (C=O) groups is 2. The fourth-order valence-electron chi connectivity index (χ4n) is 4.39. The van der Waals surface area contributed by atoms with Crippen LogP contribution in [0.3, 0.4) is 0 Å². The van der Waals surface area contributed by atoms with Crippen LogP contribution in [0.4, 0.5) is 24.1 Å². The first-order valence-corrected chi connectivity index (χ1v) is 11.6. The topological polar surface area (TPSA) is 102 Å². The number of primary amides is 1. The number of aryl methyl sites for hydroxylation is 2. The Hall–Kier alpha value is -3.95. The van der Waals surface area contributed by atoms with Gasteiger partial charge in [-0.2, -0.15) is 5.10 Å². The van der Waals surface area contributed by atoms with Crippen LogP contribution in [0.1, 0.15) is 43.2 Å². The van der Waals surface area contributed by atoms with Crippen LogP contribution in [-0.2, 0) is 17.7 Å². The maximum absolute atomic E-state index is 15.5. The van der Waals surface area contributed by atoms with Gasteiger partial charge in [0.1, 0.15) is 17.2 Å². The maximum Gasteiger partial charge on any atom is 0.410 e. The van der Waals surface area contributed by atoms with Gasteiger partial charge < -0.3 is 20.7 Å². The Morgan fingerprint density at radius 2 is 1.78 bits per heavy atom. The van der Waals surface area contributed by atoms with E-state index in [0.29, 0.717) is 29.9 Å². The van der Waals surface area contributed by atoms with Crippen molar-refractivity contribution in [3.05, 3.63) is 64.4 Å². The van der Waals surface area contributed by atoms with E-state index in [-0.39, 0.29) is 17.8 Å². The van der Waals surface area contributed by atoms with Crippen LogP contribution in [0, 0.1) is 25.5 Å². The van der Waals surface area contributed by atoms with Crippen molar-refractivity contribution in [1.29, 1.82) is 0 Å². The lowest BCUT2D eigenvalue weighted by atomic mass is 9.99. The number of nitrogens with one attached hydrogen (secondary N) is 1. The first kappa shape index (κ1) is 25.2. The summed E-state index contributed by atoms with van der Waals surface area (Å²) in [7, 11) is 0. The summed E-state index contributed by atoms with van der Waals surface area (Å²) >= 11 is 0. The van der Waals surface area contributed by atoms with Gasteiger partial charge in [-0.15, -0.1) is 0 Å². The van der Waals surface area contributed by atoms with Crippen LogP contribution >= 0.6 is 0 Å². The van der Waals surface area contributed by atoms with Crippen LogP contribution in [0.5, 0.6) is 0 Å². The molecule has 8 nitrogen and oxygen atoms in total. The fraction of sp³-hybridized carbons (Fsp3) is 0.346. The van der Waals surface area contributed by atoms with Gasteiger partial charge in [-0.05, 0) is 51.8 Å². The number of benzene rings is 2. The van der Waals surface area contributed by atoms with Crippen LogP contribution in [0.15, 0.2) is 30.3 Å². The van der Waals surface area contributed by atoms with E-state index in [1.807, 2.05) is 32.0 Å². The SMILES string of the molecule is Cc1cccc(C)c1-n1nc2c(c1-c1cc(F)c(NC(N)=O)cc1F)CN(C(=O)OC(C)(C)C)CC2. The summed E-state index contributed by atoms with van der Waals surface area (Å²) in [5, 5.41) is 6.88. The number of halogens is 2. The number of para-hydroxylation sites is 1. The highest BCUT2D eigenvalue weighted by atomic mass is 19.1. The number of hydrogen-bond donors (Lipinski definition) is 2. The van der Waals surface area contributed by atoms with Gasteiger partial charge in [-0.3, -0.25) is 0 Å². The Balaban J connectivity index is 1.91. The largest absolute Gasteiger partial charge is 0.444 e. The number of carbonyl (C=O) groups excluding carboxylic acids is 2. The standard InChI is InChI=1S/C26H29F2N5O3/c1-14-7-6-8-15(2)22(14)33-23(16-11-19(28)21(12-18(16)27)30-24(29)34)17-13-32(10-9-20(17)31-33)25(35)36-26(3,4)5/h6-8,11-12H,9-10,13H2,1-5H3,(H3,29,30,34). The van der Waals surface area contributed by atoms with Crippen molar-refractivity contribution in [3.8, 4) is 16.9 Å². The van der Waals surface area contributed by atoms with Gasteiger partial charge in [0.15, 0.2) is 0 Å². The number of anilines is 1. The molecule has 1 aliphatic rings. The zero-order chi connectivity index (χ0) is 26.4. The van der Waals surface area contributed by atoms with Crippen LogP contribution in [0.2, 0.25) is 0 Å². The molecule has 1 aliphatic heterocycles. The van der Waals surface area contributed by atoms with Gasteiger partial charge in [-0.1, -0.05) is 18.2 Å². The van der Waals surface area contributed by atoms with Gasteiger partial charge in [0.25, 0.3) is 0 Å². The Morgan fingerprint density at radius 3 is 2.39 bits per heavy atom. The number of amides is 3. The zero-order valence-corrected chi connectivity index (χ0v) is 20.9. The van der Waals surface area contributed by atoms with Crippen LogP contribution in [0.25, 0.3) is 16.9 Å². The molecule has 36 heavy (non-hydrogen) atoms. The highest BCUT2D eigenvalue weighted by Gasteiger charge is 2.32. The number of nitrogens with zero attached hydrogens (tertiary/aromatic N) is 3. The van der Waals surface area contributed by atoms with E-state index in [1.165, 1.54) is 4.90 Å². The fourth-order valence-corrected chi connectivity index (χ4v) is 4.39. The summed E-state index contributed by atoms with van der Waals surface area (Å²) in [4.78, 5) is 25.6. The second-order valence-corrected chi connectivity index (χ2v) is 9.88. The summed E-state index contributed by atoms with van der Waals surface area (Å²) < 4.78 is 37.6. The molecule has 2 aromatic carbocycles. The van der Waals surface area contributed by atoms with Crippen LogP contribution in [-0.4, -0.2) is 39.0 Å². The van der Waals surface area contributed by atoms with Gasteiger partial charge in [0.2, 0.25) is 0 Å². The Kier molecular flexibility index (Phi) is 6.46. The molecule has 0 radical (unpaired) electrons. The quantitative estimate of drug-likeness (QED) is 0.518. The molecule has 0 saturated heterocycles. The van der Waals surface area contributed by atoms with E-state index >= 15 is 4.39 Å². The van der Waals surface area contributed by atoms with E-state index in [2.05, 4.69) is 5.32 Å². The summed E-state index contributed by atoms with van der Waals surface area (Å²) in [5.74, 6) is -1.63. The van der Waals surface area contributed by atoms with Gasteiger partial charge in [0, 0.05) is 30.2 Å². The number of aromatic nitrogens is 2. The third kappa shape index (κ3) is 4.89. The van der Waals surface area contributed by atoms with Gasteiger partial charge in [-0.25, -0.2) is 23.1 Å². The van der Waals surface area contributed by atoms with E-state index in [9.17, 15) is 14.0 Å². The van der Waals surface area contributed by atoms with E-state index in [0.717, 1.165) is 28.9 Å². The molecular formula is C26H29F2N5O3. The first-order chi connectivity index (χ1) is 16.9. The maximum atomic E-state index is 15.5. The van der Waals surface area contributed by atoms with Crippen molar-refractivity contribution in [1.82, 2.24) is 14.7 Å². The molecule has 0 fully saturated rings. The zero-order valence-electron chi connectivity index (χ0n) is 20.9. The molecule has 0 bridgehead atoms. The number of ether oxygens (including phenoxy) is 1. The smallest absolute Gasteiger partial charge is 0.410 e. The number of rotatable bonds is 3. The molecule has 3 N–H and O–H groups in total. The predicted octanol–water partition coefficient (Wildman–Crippen LogP) is 5.22. The molecule has 10 heteroatoms. The third-order valence-electron chi connectivity index (χ3n) is 5.91. The van der Waals surface area contributed by atoms with E-state index in [1.54, 1.807) is 25.5 Å². The number of hydrogen-bond acceptors (Lipinski definition) is 4. The number of urea groups is 1. The second kappa shape index (κ2) is 9.25. The Bertz CT molecular complexity index is 1340. The van der Waals surface area contributed by atoms with Crippen LogP contribution < -0.4 is 11.1 Å². The molecule has 3 amide bonds. The molecular weight excluding hydrogens is 468 g/mol.